The van der Waals surface area contributed by atoms with E-state index >= 15 is 0 Å². The number of unbranched alkanes of at least 4 members (excludes halogenated alkanes) is 1. The summed E-state index contributed by atoms with van der Waals surface area (Å²) in [7, 11) is 0. The summed E-state index contributed by atoms with van der Waals surface area (Å²) in [4.78, 5) is 21.4. The number of carbonyl (C=O) groups is 2. The van der Waals surface area contributed by atoms with Crippen LogP contribution in [0.2, 0.25) is 0 Å². The molecule has 1 saturated heterocycles. The Balaban J connectivity index is 2.34. The first-order chi connectivity index (χ1) is 5.24. The van der Waals surface area contributed by atoms with E-state index in [4.69, 9.17) is 0 Å². The van der Waals surface area contributed by atoms with E-state index in [1.807, 2.05) is 13.3 Å². The number of hydrogen-bond acceptors (Lipinski definition) is 3. The van der Waals surface area contributed by atoms with Crippen LogP contribution < -0.4 is 0 Å². The van der Waals surface area contributed by atoms with Crippen LogP contribution in [0.5, 0.6) is 0 Å². The summed E-state index contributed by atoms with van der Waals surface area (Å²) in [5.41, 5.74) is 0. The lowest BCUT2D eigenvalue weighted by Crippen LogP contribution is -2.06. The Hall–Kier alpha value is -0.860. The van der Waals surface area contributed by atoms with E-state index in [0.717, 1.165) is 6.42 Å². The predicted octanol–water partition coefficient (Wildman–Crippen LogP) is 1.08. The van der Waals surface area contributed by atoms with E-state index in [1.165, 1.54) is 0 Å². The molecule has 0 amide bonds. The van der Waals surface area contributed by atoms with Crippen LogP contribution in [0.4, 0.5) is 0 Å². The Morgan fingerprint density at radius 1 is 1.64 bits per heavy atom. The van der Waals surface area contributed by atoms with Crippen molar-refractivity contribution in [2.75, 3.05) is 0 Å². The third-order valence-corrected chi connectivity index (χ3v) is 1.70. The van der Waals surface area contributed by atoms with Crippen molar-refractivity contribution >= 4 is 11.9 Å². The van der Waals surface area contributed by atoms with Gasteiger partial charge in [-0.3, -0.25) is 9.59 Å². The molecule has 0 N–H and O–H groups in total. The van der Waals surface area contributed by atoms with Gasteiger partial charge in [0.05, 0.1) is 12.3 Å². The molecule has 1 aliphatic heterocycles. The second-order valence-corrected chi connectivity index (χ2v) is 2.63. The first kappa shape index (κ1) is 8.24. The monoisotopic (exact) mass is 155 g/mol. The Bertz CT molecular complexity index is 174. The van der Waals surface area contributed by atoms with Gasteiger partial charge in [0, 0.05) is 0 Å². The fourth-order valence-corrected chi connectivity index (χ4v) is 1.07. The Kier molecular flexibility index (Phi) is 2.63. The number of hydrogen-bond donors (Lipinski definition) is 0. The average molecular weight is 155 g/mol. The zero-order chi connectivity index (χ0) is 8.27. The van der Waals surface area contributed by atoms with Gasteiger partial charge in [-0.05, 0) is 12.8 Å². The minimum Gasteiger partial charge on any atom is -0.393 e. The van der Waals surface area contributed by atoms with Gasteiger partial charge in [-0.2, -0.15) is 0 Å². The maximum Gasteiger partial charge on any atom is 0.317 e. The van der Waals surface area contributed by atoms with Crippen molar-refractivity contribution in [3.8, 4) is 0 Å². The summed E-state index contributed by atoms with van der Waals surface area (Å²) in [6.07, 6.45) is 3.85. The molecule has 1 aliphatic rings. The highest BCUT2D eigenvalue weighted by Gasteiger charge is 2.32. The van der Waals surface area contributed by atoms with Gasteiger partial charge in [-0.1, -0.05) is 13.3 Å². The van der Waals surface area contributed by atoms with E-state index in [-0.39, 0.29) is 24.3 Å². The summed E-state index contributed by atoms with van der Waals surface area (Å²) in [5.74, 6) is -0.952. The molecule has 1 radical (unpaired) electrons. The Morgan fingerprint density at radius 3 is 2.82 bits per heavy atom. The molecule has 1 atom stereocenters. The molecule has 0 aromatic carbocycles. The highest BCUT2D eigenvalue weighted by atomic mass is 16.6. The highest BCUT2D eigenvalue weighted by Crippen LogP contribution is 2.20. The summed E-state index contributed by atoms with van der Waals surface area (Å²) >= 11 is 0. The van der Waals surface area contributed by atoms with E-state index < -0.39 is 0 Å². The summed E-state index contributed by atoms with van der Waals surface area (Å²) in [5, 5.41) is 0. The number of rotatable bonds is 3. The largest absolute Gasteiger partial charge is 0.393 e. The van der Waals surface area contributed by atoms with E-state index in [1.54, 1.807) is 0 Å². The molecule has 0 aliphatic carbocycles. The molecule has 1 rings (SSSR count). The lowest BCUT2D eigenvalue weighted by Gasteiger charge is -1.99. The fourth-order valence-electron chi connectivity index (χ4n) is 1.07. The molecule has 0 aromatic rings. The molecule has 0 bridgehead atoms. The molecule has 1 heterocycles. The normalized spacial score (nSPS) is 23.9. The minimum absolute atomic E-state index is 0.206. The molecule has 0 spiro atoms. The van der Waals surface area contributed by atoms with Crippen molar-refractivity contribution in [2.24, 2.45) is 5.92 Å². The standard InChI is InChI=1S/C8H11O3/c1-2-3-4-6-5-7(9)11-8(6)10/h3,6H,2,4-5H2,1H3. The molecular formula is C8H11O3. The summed E-state index contributed by atoms with van der Waals surface area (Å²) in [6, 6.07) is 0. The van der Waals surface area contributed by atoms with Gasteiger partial charge in [-0.25, -0.2) is 0 Å². The molecule has 1 fully saturated rings. The third-order valence-electron chi connectivity index (χ3n) is 1.70. The van der Waals surface area contributed by atoms with Crippen molar-refractivity contribution in [1.29, 1.82) is 0 Å². The van der Waals surface area contributed by atoms with Gasteiger partial charge in [-0.15, -0.1) is 0 Å². The van der Waals surface area contributed by atoms with E-state index in [0.29, 0.717) is 6.42 Å². The first-order valence-electron chi connectivity index (χ1n) is 3.80. The van der Waals surface area contributed by atoms with Crippen LogP contribution in [0.3, 0.4) is 0 Å². The predicted molar refractivity (Wildman–Crippen MR) is 38.4 cm³/mol. The quantitative estimate of drug-likeness (QED) is 0.452. The average Bonchev–Trinajstić information content (AvgIpc) is 2.26. The topological polar surface area (TPSA) is 43.4 Å². The van der Waals surface area contributed by atoms with Gasteiger partial charge >= 0.3 is 11.9 Å². The smallest absolute Gasteiger partial charge is 0.317 e. The van der Waals surface area contributed by atoms with Gasteiger partial charge in [0.2, 0.25) is 0 Å². The van der Waals surface area contributed by atoms with Gasteiger partial charge in [0.25, 0.3) is 0 Å². The van der Waals surface area contributed by atoms with Crippen molar-refractivity contribution in [2.45, 2.75) is 26.2 Å². The molecule has 0 saturated carbocycles. The lowest BCUT2D eigenvalue weighted by atomic mass is 10.0. The van der Waals surface area contributed by atoms with Crippen LogP contribution >= 0.6 is 0 Å². The highest BCUT2D eigenvalue weighted by molar-refractivity contribution is 5.94. The van der Waals surface area contributed by atoms with Crippen LogP contribution in [0.25, 0.3) is 0 Å². The zero-order valence-corrected chi connectivity index (χ0v) is 6.50. The number of carbonyl (C=O) groups excluding carboxylic acids is 2. The summed E-state index contributed by atoms with van der Waals surface area (Å²) < 4.78 is 4.37. The van der Waals surface area contributed by atoms with Crippen molar-refractivity contribution < 1.29 is 14.3 Å². The third kappa shape index (κ3) is 2.03. The van der Waals surface area contributed by atoms with Crippen molar-refractivity contribution in [3.63, 3.8) is 0 Å². The molecule has 0 aromatic heterocycles. The van der Waals surface area contributed by atoms with Gasteiger partial charge in [0.15, 0.2) is 0 Å². The second-order valence-electron chi connectivity index (χ2n) is 2.63. The van der Waals surface area contributed by atoms with Crippen LogP contribution in [-0.4, -0.2) is 11.9 Å². The van der Waals surface area contributed by atoms with Crippen LogP contribution in [0, 0.1) is 12.3 Å². The van der Waals surface area contributed by atoms with Gasteiger partial charge < -0.3 is 4.74 Å². The van der Waals surface area contributed by atoms with E-state index in [9.17, 15) is 9.59 Å². The summed E-state index contributed by atoms with van der Waals surface area (Å²) in [6.45, 7) is 2.00. The van der Waals surface area contributed by atoms with Crippen LogP contribution in [-0.2, 0) is 14.3 Å². The number of cyclic esters (lactones) is 2. The van der Waals surface area contributed by atoms with Crippen molar-refractivity contribution in [3.05, 3.63) is 6.42 Å². The van der Waals surface area contributed by atoms with Crippen LogP contribution in [0.15, 0.2) is 0 Å². The molecular weight excluding hydrogens is 144 g/mol. The maximum atomic E-state index is 10.8. The van der Waals surface area contributed by atoms with E-state index in [2.05, 4.69) is 4.74 Å². The molecule has 1 unspecified atom stereocenters. The fraction of sp³-hybridized carbons (Fsp3) is 0.625. The molecule has 11 heavy (non-hydrogen) atoms. The maximum absolute atomic E-state index is 10.8. The molecule has 3 heteroatoms. The SMILES string of the molecule is CC[CH]CC1CC(=O)OC1=O. The Labute approximate surface area is 65.7 Å². The lowest BCUT2D eigenvalue weighted by molar-refractivity contribution is -0.153. The first-order valence-corrected chi connectivity index (χ1v) is 3.80. The Morgan fingerprint density at radius 2 is 2.36 bits per heavy atom. The minimum atomic E-state index is -0.385. The van der Waals surface area contributed by atoms with Crippen LogP contribution in [0.1, 0.15) is 26.2 Å². The van der Waals surface area contributed by atoms with Crippen molar-refractivity contribution in [1.82, 2.24) is 0 Å². The second kappa shape index (κ2) is 3.51. The molecule has 61 valence electrons. The zero-order valence-electron chi connectivity index (χ0n) is 6.50. The van der Waals surface area contributed by atoms with Gasteiger partial charge in [0.1, 0.15) is 0 Å². The number of esters is 2. The number of ether oxygens (including phenoxy) is 1. The molecule has 3 nitrogen and oxygen atoms in total.